The van der Waals surface area contributed by atoms with Gasteiger partial charge in [-0.3, -0.25) is 4.79 Å². The molecule has 0 saturated carbocycles. The topological polar surface area (TPSA) is 44.1 Å². The molecule has 0 aliphatic heterocycles. The van der Waals surface area contributed by atoms with Gasteiger partial charge in [0.2, 0.25) is 5.91 Å². The summed E-state index contributed by atoms with van der Waals surface area (Å²) in [4.78, 5) is 15.4. The molecule has 0 saturated heterocycles. The average Bonchev–Trinajstić information content (AvgIpc) is 3.00. The Bertz CT molecular complexity index is 611. The largest absolute Gasteiger partial charge is 0.338 e. The fourth-order valence-corrected chi connectivity index (χ4v) is 2.84. The average molecular weight is 298 g/mol. The van der Waals surface area contributed by atoms with Gasteiger partial charge in [0.25, 0.3) is 0 Å². The number of carbonyl (C=O) groups is 1. The van der Waals surface area contributed by atoms with E-state index in [1.54, 1.807) is 23.5 Å². The first-order valence-corrected chi connectivity index (χ1v) is 7.90. The van der Waals surface area contributed by atoms with E-state index in [1.807, 2.05) is 34.5 Å². The second-order valence-electron chi connectivity index (χ2n) is 4.88. The Labute approximate surface area is 129 Å². The molecular weight excluding hydrogens is 280 g/mol. The maximum absolute atomic E-state index is 12.4. The molecule has 1 aromatic carbocycles. The summed E-state index contributed by atoms with van der Waals surface area (Å²) < 4.78 is 0. The molecule has 0 aliphatic carbocycles. The minimum Gasteiger partial charge on any atom is -0.338 e. The standard InChI is InChI=1S/C17H18N2OS/c1-2-9-19(17(20)11-16-4-3-10-21-16)13-15-7-5-14(12-18)6-8-15/h3-8,10H,2,9,11,13H2,1H3. The maximum atomic E-state index is 12.4. The lowest BCUT2D eigenvalue weighted by Crippen LogP contribution is -2.32. The van der Waals surface area contributed by atoms with Crippen molar-refractivity contribution in [3.05, 3.63) is 57.8 Å². The van der Waals surface area contributed by atoms with E-state index in [4.69, 9.17) is 5.26 Å². The van der Waals surface area contributed by atoms with Gasteiger partial charge in [-0.1, -0.05) is 25.1 Å². The lowest BCUT2D eigenvalue weighted by Gasteiger charge is -2.22. The van der Waals surface area contributed by atoms with Crippen LogP contribution in [-0.4, -0.2) is 17.4 Å². The van der Waals surface area contributed by atoms with Crippen LogP contribution in [0.25, 0.3) is 0 Å². The third-order valence-electron chi connectivity index (χ3n) is 3.21. The molecule has 0 bridgehead atoms. The van der Waals surface area contributed by atoms with Gasteiger partial charge in [-0.05, 0) is 35.6 Å². The van der Waals surface area contributed by atoms with Gasteiger partial charge < -0.3 is 4.90 Å². The first-order chi connectivity index (χ1) is 10.2. The summed E-state index contributed by atoms with van der Waals surface area (Å²) in [5.41, 5.74) is 1.70. The number of rotatable bonds is 6. The summed E-state index contributed by atoms with van der Waals surface area (Å²) in [6, 6.07) is 13.5. The maximum Gasteiger partial charge on any atom is 0.228 e. The van der Waals surface area contributed by atoms with Crippen LogP contribution in [0.15, 0.2) is 41.8 Å². The second kappa shape index (κ2) is 7.61. The molecule has 0 spiro atoms. The van der Waals surface area contributed by atoms with Crippen LogP contribution in [0.3, 0.4) is 0 Å². The predicted octanol–water partition coefficient (Wildman–Crippen LogP) is 3.60. The van der Waals surface area contributed by atoms with Gasteiger partial charge in [0.05, 0.1) is 18.1 Å². The van der Waals surface area contributed by atoms with E-state index < -0.39 is 0 Å². The quantitative estimate of drug-likeness (QED) is 0.818. The number of nitrogens with zero attached hydrogens (tertiary/aromatic N) is 2. The van der Waals surface area contributed by atoms with Crippen molar-refractivity contribution in [2.24, 2.45) is 0 Å². The molecule has 0 N–H and O–H groups in total. The van der Waals surface area contributed by atoms with Crippen molar-refractivity contribution in [1.29, 1.82) is 5.26 Å². The van der Waals surface area contributed by atoms with Crippen molar-refractivity contribution in [2.75, 3.05) is 6.54 Å². The summed E-state index contributed by atoms with van der Waals surface area (Å²) in [5.74, 6) is 0.156. The van der Waals surface area contributed by atoms with Crippen LogP contribution in [0.1, 0.15) is 29.3 Å². The van der Waals surface area contributed by atoms with Crippen molar-refractivity contribution in [3.8, 4) is 6.07 Å². The predicted molar refractivity (Wildman–Crippen MR) is 84.9 cm³/mol. The van der Waals surface area contributed by atoms with Crippen molar-refractivity contribution < 1.29 is 4.79 Å². The zero-order chi connectivity index (χ0) is 15.1. The Kier molecular flexibility index (Phi) is 5.53. The molecule has 3 nitrogen and oxygen atoms in total. The molecule has 0 fully saturated rings. The molecule has 0 unspecified atom stereocenters. The third-order valence-corrected chi connectivity index (χ3v) is 4.08. The fourth-order valence-electron chi connectivity index (χ4n) is 2.14. The molecule has 0 aliphatic rings. The summed E-state index contributed by atoms with van der Waals surface area (Å²) >= 11 is 1.61. The van der Waals surface area contributed by atoms with Crippen molar-refractivity contribution in [1.82, 2.24) is 4.90 Å². The van der Waals surface area contributed by atoms with E-state index in [2.05, 4.69) is 13.0 Å². The Morgan fingerprint density at radius 3 is 2.62 bits per heavy atom. The SMILES string of the molecule is CCCN(Cc1ccc(C#N)cc1)C(=O)Cc1cccs1. The van der Waals surface area contributed by atoms with E-state index in [-0.39, 0.29) is 5.91 Å². The Morgan fingerprint density at radius 1 is 1.29 bits per heavy atom. The molecule has 1 aromatic heterocycles. The third kappa shape index (κ3) is 4.44. The number of thiophene rings is 1. The molecule has 108 valence electrons. The smallest absolute Gasteiger partial charge is 0.228 e. The highest BCUT2D eigenvalue weighted by molar-refractivity contribution is 7.10. The molecule has 4 heteroatoms. The summed E-state index contributed by atoms with van der Waals surface area (Å²) in [6.45, 7) is 3.43. The first-order valence-electron chi connectivity index (χ1n) is 7.02. The van der Waals surface area contributed by atoms with Crippen LogP contribution >= 0.6 is 11.3 Å². The van der Waals surface area contributed by atoms with E-state index in [1.165, 1.54) is 0 Å². The van der Waals surface area contributed by atoms with Crippen LogP contribution in [-0.2, 0) is 17.8 Å². The molecule has 21 heavy (non-hydrogen) atoms. The number of carbonyl (C=O) groups excluding carboxylic acids is 1. The van der Waals surface area contributed by atoms with Gasteiger partial charge in [0, 0.05) is 18.0 Å². The van der Waals surface area contributed by atoms with Gasteiger partial charge in [0.1, 0.15) is 0 Å². The Morgan fingerprint density at radius 2 is 2.05 bits per heavy atom. The van der Waals surface area contributed by atoms with Crippen LogP contribution in [0.4, 0.5) is 0 Å². The number of benzene rings is 1. The van der Waals surface area contributed by atoms with Crippen molar-refractivity contribution in [3.63, 3.8) is 0 Å². The first kappa shape index (κ1) is 15.3. The zero-order valence-corrected chi connectivity index (χ0v) is 12.9. The monoisotopic (exact) mass is 298 g/mol. The lowest BCUT2D eigenvalue weighted by molar-refractivity contribution is -0.131. The van der Waals surface area contributed by atoms with Crippen LogP contribution in [0.2, 0.25) is 0 Å². The van der Waals surface area contributed by atoms with Crippen LogP contribution in [0, 0.1) is 11.3 Å². The highest BCUT2D eigenvalue weighted by atomic mass is 32.1. The van der Waals surface area contributed by atoms with Crippen LogP contribution in [0.5, 0.6) is 0 Å². The number of nitriles is 1. The number of hydrogen-bond acceptors (Lipinski definition) is 3. The summed E-state index contributed by atoms with van der Waals surface area (Å²) in [5, 5.41) is 10.8. The van der Waals surface area contributed by atoms with E-state index in [0.29, 0.717) is 18.5 Å². The zero-order valence-electron chi connectivity index (χ0n) is 12.1. The minimum absolute atomic E-state index is 0.156. The fraction of sp³-hybridized carbons (Fsp3) is 0.294. The normalized spacial score (nSPS) is 10.1. The minimum atomic E-state index is 0.156. The van der Waals surface area contributed by atoms with Crippen molar-refractivity contribution in [2.45, 2.75) is 26.3 Å². The highest BCUT2D eigenvalue weighted by Crippen LogP contribution is 2.13. The van der Waals surface area contributed by atoms with Gasteiger partial charge in [0.15, 0.2) is 0 Å². The highest BCUT2D eigenvalue weighted by Gasteiger charge is 2.14. The molecule has 1 amide bonds. The van der Waals surface area contributed by atoms with Gasteiger partial charge in [-0.2, -0.15) is 5.26 Å². The lowest BCUT2D eigenvalue weighted by atomic mass is 10.1. The summed E-state index contributed by atoms with van der Waals surface area (Å²) in [6.07, 6.45) is 1.40. The molecule has 2 rings (SSSR count). The molecule has 2 aromatic rings. The molecule has 1 heterocycles. The second-order valence-corrected chi connectivity index (χ2v) is 5.91. The van der Waals surface area contributed by atoms with Crippen LogP contribution < -0.4 is 0 Å². The van der Waals surface area contributed by atoms with Gasteiger partial charge >= 0.3 is 0 Å². The number of amides is 1. The number of hydrogen-bond donors (Lipinski definition) is 0. The van der Waals surface area contributed by atoms with Gasteiger partial charge in [-0.15, -0.1) is 11.3 Å². The molecular formula is C17H18N2OS. The summed E-state index contributed by atoms with van der Waals surface area (Å²) in [7, 11) is 0. The van der Waals surface area contributed by atoms with Gasteiger partial charge in [-0.25, -0.2) is 0 Å². The molecule has 0 radical (unpaired) electrons. The Hall–Kier alpha value is -2.12. The van der Waals surface area contributed by atoms with E-state index in [0.717, 1.165) is 23.4 Å². The van der Waals surface area contributed by atoms with E-state index >= 15 is 0 Å². The van der Waals surface area contributed by atoms with Crippen molar-refractivity contribution >= 4 is 17.2 Å². The Balaban J connectivity index is 2.03. The molecule has 0 atom stereocenters. The van der Waals surface area contributed by atoms with E-state index in [9.17, 15) is 4.79 Å².